The van der Waals surface area contributed by atoms with E-state index in [2.05, 4.69) is 26.5 Å². The first-order valence-corrected chi connectivity index (χ1v) is 10.6. The van der Waals surface area contributed by atoms with Gasteiger partial charge >= 0.3 is 0 Å². The van der Waals surface area contributed by atoms with Crippen molar-refractivity contribution in [3.8, 4) is 0 Å². The molecule has 0 spiro atoms. The quantitative estimate of drug-likeness (QED) is 0.466. The fourth-order valence-electron chi connectivity index (χ4n) is 4.52. The van der Waals surface area contributed by atoms with E-state index in [0.29, 0.717) is 22.5 Å². The Morgan fingerprint density at radius 1 is 1.16 bits per heavy atom. The molecule has 3 aliphatic rings. The van der Waals surface area contributed by atoms with Crippen molar-refractivity contribution in [1.29, 1.82) is 0 Å². The summed E-state index contributed by atoms with van der Waals surface area (Å²) in [4.78, 5) is 38.0. The SMILES string of the molecule is O=C1NN=CC2c3c(cc(NC(=O)[C@@H]4C[C@H]4c4ccccc4)cc31)NC2C(=O)NCCO. The first-order chi connectivity index (χ1) is 15.6. The summed E-state index contributed by atoms with van der Waals surface area (Å²) in [5.41, 5.74) is 5.72. The van der Waals surface area contributed by atoms with Crippen molar-refractivity contribution in [2.45, 2.75) is 24.3 Å². The summed E-state index contributed by atoms with van der Waals surface area (Å²) in [6.07, 6.45) is 2.32. The van der Waals surface area contributed by atoms with Gasteiger partial charge < -0.3 is 21.1 Å². The highest BCUT2D eigenvalue weighted by atomic mass is 16.3. The summed E-state index contributed by atoms with van der Waals surface area (Å²) in [5, 5.41) is 21.7. The molecule has 1 fully saturated rings. The Kier molecular flexibility index (Phi) is 5.10. The number of rotatable bonds is 6. The number of hydrogen-bond donors (Lipinski definition) is 5. The number of carbonyl (C=O) groups excluding carboxylic acids is 3. The minimum atomic E-state index is -0.677. The number of nitrogens with zero attached hydrogens (tertiary/aromatic N) is 1. The van der Waals surface area contributed by atoms with Crippen LogP contribution < -0.4 is 21.4 Å². The first kappa shape index (κ1) is 20.2. The van der Waals surface area contributed by atoms with Gasteiger partial charge in [0.25, 0.3) is 5.91 Å². The van der Waals surface area contributed by atoms with Crippen LogP contribution >= 0.6 is 0 Å². The summed E-state index contributed by atoms with van der Waals surface area (Å²) >= 11 is 0. The minimum absolute atomic E-state index is 0.0944. The molecule has 5 N–H and O–H groups in total. The third-order valence-electron chi connectivity index (χ3n) is 6.15. The molecule has 2 unspecified atom stereocenters. The molecule has 164 valence electrons. The predicted octanol–water partition coefficient (Wildman–Crippen LogP) is 1.14. The molecule has 2 aromatic rings. The Bertz CT molecular complexity index is 1120. The van der Waals surface area contributed by atoms with Crippen molar-refractivity contribution in [1.82, 2.24) is 10.7 Å². The highest BCUT2D eigenvalue weighted by Gasteiger charge is 2.44. The maximum atomic E-state index is 12.8. The van der Waals surface area contributed by atoms with Gasteiger partial charge in [0, 0.05) is 35.6 Å². The summed E-state index contributed by atoms with van der Waals surface area (Å²) in [7, 11) is 0. The zero-order valence-electron chi connectivity index (χ0n) is 17.2. The maximum absolute atomic E-state index is 12.8. The molecule has 9 heteroatoms. The molecular formula is C23H23N5O4. The number of hydrazone groups is 1. The Balaban J connectivity index is 1.38. The van der Waals surface area contributed by atoms with Crippen molar-refractivity contribution in [3.05, 3.63) is 59.2 Å². The van der Waals surface area contributed by atoms with E-state index in [0.717, 1.165) is 12.0 Å². The van der Waals surface area contributed by atoms with Gasteiger partial charge in [-0.1, -0.05) is 30.3 Å². The standard InChI is InChI=1S/C23H23N5O4/c29-7-6-24-23(32)20-17-11-25-28-22(31)16-8-13(9-18(27-20)19(16)17)26-21(30)15-10-14(15)12-4-2-1-3-5-12/h1-5,8-9,11,14-15,17,20,27,29H,6-7,10H2,(H,24,32)(H,26,30)(H,28,31)/t14-,15+,17?,20?/m0/s1. The van der Waals surface area contributed by atoms with Gasteiger partial charge in [0.2, 0.25) is 11.8 Å². The first-order valence-electron chi connectivity index (χ1n) is 10.6. The second kappa shape index (κ2) is 8.08. The number of benzene rings is 2. The van der Waals surface area contributed by atoms with Gasteiger partial charge in [0.05, 0.1) is 12.5 Å². The molecule has 9 nitrogen and oxygen atoms in total. The lowest BCUT2D eigenvalue weighted by Gasteiger charge is -2.15. The fourth-order valence-corrected chi connectivity index (χ4v) is 4.52. The van der Waals surface area contributed by atoms with E-state index in [1.165, 1.54) is 6.21 Å². The molecule has 2 aliphatic heterocycles. The van der Waals surface area contributed by atoms with Crippen LogP contribution in [0.25, 0.3) is 0 Å². The predicted molar refractivity (Wildman–Crippen MR) is 119 cm³/mol. The van der Waals surface area contributed by atoms with E-state index in [1.54, 1.807) is 12.1 Å². The van der Waals surface area contributed by atoms with Gasteiger partial charge in [-0.3, -0.25) is 14.4 Å². The zero-order chi connectivity index (χ0) is 22.2. The van der Waals surface area contributed by atoms with Gasteiger partial charge in [0.15, 0.2) is 0 Å². The lowest BCUT2D eigenvalue weighted by molar-refractivity contribution is -0.122. The second-order valence-electron chi connectivity index (χ2n) is 8.22. The van der Waals surface area contributed by atoms with E-state index in [4.69, 9.17) is 5.11 Å². The zero-order valence-corrected chi connectivity index (χ0v) is 17.2. The van der Waals surface area contributed by atoms with E-state index in [9.17, 15) is 14.4 Å². The van der Waals surface area contributed by atoms with Crippen molar-refractivity contribution < 1.29 is 19.5 Å². The normalized spacial score (nSPS) is 24.6. The van der Waals surface area contributed by atoms with Crippen LogP contribution in [0.1, 0.15) is 39.7 Å². The second-order valence-corrected chi connectivity index (χ2v) is 8.22. The largest absolute Gasteiger partial charge is 0.395 e. The molecule has 2 aromatic carbocycles. The van der Waals surface area contributed by atoms with Crippen molar-refractivity contribution in [3.63, 3.8) is 0 Å². The smallest absolute Gasteiger partial charge is 0.271 e. The molecule has 1 saturated carbocycles. The molecule has 3 amide bonds. The summed E-state index contributed by atoms with van der Waals surface area (Å²) in [5.74, 6) is -1.16. The van der Waals surface area contributed by atoms with Crippen LogP contribution in [0.5, 0.6) is 0 Å². The summed E-state index contributed by atoms with van der Waals surface area (Å²) < 4.78 is 0. The van der Waals surface area contributed by atoms with Gasteiger partial charge in [-0.2, -0.15) is 5.10 Å². The molecule has 2 heterocycles. The van der Waals surface area contributed by atoms with Crippen molar-refractivity contribution in [2.75, 3.05) is 23.8 Å². The van der Waals surface area contributed by atoms with Crippen LogP contribution in [-0.4, -0.2) is 48.2 Å². The maximum Gasteiger partial charge on any atom is 0.271 e. The van der Waals surface area contributed by atoms with E-state index < -0.39 is 17.9 Å². The molecule has 0 radical (unpaired) electrons. The fraction of sp³-hybridized carbons (Fsp3) is 0.304. The van der Waals surface area contributed by atoms with Crippen LogP contribution in [0.2, 0.25) is 0 Å². The molecule has 5 rings (SSSR count). The monoisotopic (exact) mass is 433 g/mol. The lowest BCUT2D eigenvalue weighted by atomic mass is 9.91. The van der Waals surface area contributed by atoms with Gasteiger partial charge in [0.1, 0.15) is 6.04 Å². The molecule has 4 atom stereocenters. The Morgan fingerprint density at radius 2 is 1.97 bits per heavy atom. The molecule has 0 bridgehead atoms. The number of hydrogen-bond acceptors (Lipinski definition) is 6. The third kappa shape index (κ3) is 3.60. The van der Waals surface area contributed by atoms with Crippen LogP contribution in [0.4, 0.5) is 11.4 Å². The Hall–Kier alpha value is -3.72. The van der Waals surface area contributed by atoms with Crippen LogP contribution in [0.3, 0.4) is 0 Å². The van der Waals surface area contributed by atoms with Crippen molar-refractivity contribution in [2.24, 2.45) is 11.0 Å². The average Bonchev–Trinajstić information content (AvgIpc) is 3.55. The van der Waals surface area contributed by atoms with Crippen LogP contribution in [0.15, 0.2) is 47.6 Å². The van der Waals surface area contributed by atoms with Gasteiger partial charge in [-0.15, -0.1) is 0 Å². The molecular weight excluding hydrogens is 410 g/mol. The van der Waals surface area contributed by atoms with Crippen LogP contribution in [-0.2, 0) is 9.59 Å². The topological polar surface area (TPSA) is 132 Å². The number of aliphatic hydroxyl groups excluding tert-OH is 1. The number of amides is 3. The number of aliphatic hydroxyl groups is 1. The Labute approximate surface area is 184 Å². The van der Waals surface area contributed by atoms with E-state index in [-0.39, 0.29) is 36.8 Å². The molecule has 32 heavy (non-hydrogen) atoms. The lowest BCUT2D eigenvalue weighted by Crippen LogP contribution is -2.42. The van der Waals surface area contributed by atoms with Gasteiger partial charge in [-0.05, 0) is 35.6 Å². The number of nitrogens with one attached hydrogen (secondary N) is 4. The van der Waals surface area contributed by atoms with Crippen molar-refractivity contribution >= 4 is 35.3 Å². The molecule has 0 saturated heterocycles. The third-order valence-corrected chi connectivity index (χ3v) is 6.15. The number of carbonyl (C=O) groups is 3. The van der Waals surface area contributed by atoms with E-state index >= 15 is 0 Å². The van der Waals surface area contributed by atoms with Crippen LogP contribution in [0, 0.1) is 5.92 Å². The minimum Gasteiger partial charge on any atom is -0.395 e. The number of anilines is 2. The average molecular weight is 433 g/mol. The summed E-state index contributed by atoms with van der Waals surface area (Å²) in [6.45, 7) is -0.0384. The molecule has 1 aliphatic carbocycles. The van der Waals surface area contributed by atoms with Gasteiger partial charge in [-0.25, -0.2) is 5.43 Å². The molecule has 0 aromatic heterocycles. The Morgan fingerprint density at radius 3 is 2.75 bits per heavy atom. The highest BCUT2D eigenvalue weighted by molar-refractivity contribution is 6.06. The van der Waals surface area contributed by atoms with E-state index in [1.807, 2.05) is 30.3 Å². The summed E-state index contributed by atoms with van der Waals surface area (Å²) in [6, 6.07) is 12.6. The highest BCUT2D eigenvalue weighted by Crippen LogP contribution is 2.48.